The van der Waals surface area contributed by atoms with Crippen LogP contribution < -0.4 is 0 Å². The zero-order valence-electron chi connectivity index (χ0n) is 9.58. The standard InChI is InChI=1S/C13H11ClFNOS/c14-11-9-4-3-8(15)7-10(9)18-12(11)13(17)16-5-1-2-6-16/h3-4,7H,1-2,5-6H2. The molecule has 1 aromatic carbocycles. The number of nitrogens with zero attached hydrogens (tertiary/aromatic N) is 1. The fraction of sp³-hybridized carbons (Fsp3) is 0.308. The molecule has 0 unspecified atom stereocenters. The van der Waals surface area contributed by atoms with Crippen LogP contribution in [0.1, 0.15) is 22.5 Å². The van der Waals surface area contributed by atoms with E-state index in [4.69, 9.17) is 11.6 Å². The molecule has 1 aliphatic rings. The van der Waals surface area contributed by atoms with Gasteiger partial charge in [0, 0.05) is 23.2 Å². The minimum absolute atomic E-state index is 0.0286. The highest BCUT2D eigenvalue weighted by Crippen LogP contribution is 2.36. The molecule has 2 aromatic rings. The van der Waals surface area contributed by atoms with E-state index in [1.54, 1.807) is 6.07 Å². The van der Waals surface area contributed by atoms with Crippen LogP contribution in [0.3, 0.4) is 0 Å². The van der Waals surface area contributed by atoms with E-state index in [-0.39, 0.29) is 11.7 Å². The number of halogens is 2. The number of amides is 1. The lowest BCUT2D eigenvalue weighted by molar-refractivity contribution is 0.0798. The normalized spacial score (nSPS) is 15.6. The van der Waals surface area contributed by atoms with Crippen molar-refractivity contribution in [1.29, 1.82) is 0 Å². The molecular weight excluding hydrogens is 273 g/mol. The van der Waals surface area contributed by atoms with Gasteiger partial charge in [-0.2, -0.15) is 0 Å². The van der Waals surface area contributed by atoms with E-state index in [0.717, 1.165) is 36.0 Å². The molecule has 3 rings (SSSR count). The molecule has 94 valence electrons. The van der Waals surface area contributed by atoms with Gasteiger partial charge in [-0.25, -0.2) is 4.39 Å². The maximum atomic E-state index is 13.1. The van der Waals surface area contributed by atoms with Crippen molar-refractivity contribution in [3.8, 4) is 0 Å². The van der Waals surface area contributed by atoms with E-state index in [2.05, 4.69) is 0 Å². The average Bonchev–Trinajstić information content (AvgIpc) is 2.97. The molecule has 18 heavy (non-hydrogen) atoms. The first-order valence-corrected chi connectivity index (χ1v) is 7.03. The Hall–Kier alpha value is -1.13. The fourth-order valence-corrected chi connectivity index (χ4v) is 3.75. The number of benzene rings is 1. The molecular formula is C13H11ClFNOS. The molecule has 0 atom stereocenters. The Morgan fingerprint density at radius 3 is 2.78 bits per heavy atom. The van der Waals surface area contributed by atoms with Crippen molar-refractivity contribution >= 4 is 38.9 Å². The predicted molar refractivity (Wildman–Crippen MR) is 71.9 cm³/mol. The third kappa shape index (κ3) is 1.89. The number of thiophene rings is 1. The van der Waals surface area contributed by atoms with Gasteiger partial charge in [0.2, 0.25) is 0 Å². The second-order valence-electron chi connectivity index (χ2n) is 4.38. The fourth-order valence-electron chi connectivity index (χ4n) is 2.24. The van der Waals surface area contributed by atoms with Crippen molar-refractivity contribution in [2.24, 2.45) is 0 Å². The highest BCUT2D eigenvalue weighted by molar-refractivity contribution is 7.21. The zero-order valence-corrected chi connectivity index (χ0v) is 11.2. The van der Waals surface area contributed by atoms with Crippen LogP contribution in [0.2, 0.25) is 5.02 Å². The van der Waals surface area contributed by atoms with Crippen LogP contribution in [-0.2, 0) is 0 Å². The summed E-state index contributed by atoms with van der Waals surface area (Å²) in [5.41, 5.74) is 0. The quantitative estimate of drug-likeness (QED) is 0.776. The SMILES string of the molecule is O=C(c1sc2cc(F)ccc2c1Cl)N1CCCC1. The van der Waals surface area contributed by atoms with Crippen molar-refractivity contribution in [3.05, 3.63) is 33.9 Å². The molecule has 0 spiro atoms. The number of hydrogen-bond donors (Lipinski definition) is 0. The Morgan fingerprint density at radius 1 is 1.33 bits per heavy atom. The van der Waals surface area contributed by atoms with Crippen molar-refractivity contribution in [2.75, 3.05) is 13.1 Å². The number of hydrogen-bond acceptors (Lipinski definition) is 2. The van der Waals surface area contributed by atoms with Gasteiger partial charge in [-0.15, -0.1) is 11.3 Å². The Morgan fingerprint density at radius 2 is 2.06 bits per heavy atom. The maximum Gasteiger partial charge on any atom is 0.265 e. The Kier molecular flexibility index (Phi) is 2.99. The molecule has 0 aliphatic carbocycles. The summed E-state index contributed by atoms with van der Waals surface area (Å²) in [6.45, 7) is 1.58. The third-order valence-corrected chi connectivity index (χ3v) is 4.82. The minimum Gasteiger partial charge on any atom is -0.338 e. The van der Waals surface area contributed by atoms with Crippen LogP contribution in [-0.4, -0.2) is 23.9 Å². The summed E-state index contributed by atoms with van der Waals surface area (Å²) in [6.07, 6.45) is 2.09. The van der Waals surface area contributed by atoms with E-state index < -0.39 is 0 Å². The van der Waals surface area contributed by atoms with Crippen molar-refractivity contribution in [3.63, 3.8) is 0 Å². The largest absolute Gasteiger partial charge is 0.338 e. The van der Waals surface area contributed by atoms with Crippen LogP contribution in [0.4, 0.5) is 4.39 Å². The first kappa shape index (κ1) is 11.9. The van der Waals surface area contributed by atoms with Gasteiger partial charge in [0.05, 0.1) is 5.02 Å². The second-order valence-corrected chi connectivity index (χ2v) is 5.82. The lowest BCUT2D eigenvalue weighted by Gasteiger charge is -2.13. The lowest BCUT2D eigenvalue weighted by atomic mass is 10.2. The Balaban J connectivity index is 2.06. The predicted octanol–water partition coefficient (Wildman–Crippen LogP) is 3.93. The number of fused-ring (bicyclic) bond motifs is 1. The van der Waals surface area contributed by atoms with Gasteiger partial charge in [0.1, 0.15) is 10.7 Å². The summed E-state index contributed by atoms with van der Waals surface area (Å²) in [5, 5.41) is 1.21. The Labute approximate surface area is 113 Å². The summed E-state index contributed by atoms with van der Waals surface area (Å²) >= 11 is 7.49. The van der Waals surface area contributed by atoms with Crippen molar-refractivity contribution in [1.82, 2.24) is 4.90 Å². The number of rotatable bonds is 1. The lowest BCUT2D eigenvalue weighted by Crippen LogP contribution is -2.26. The van der Waals surface area contributed by atoms with E-state index in [1.807, 2.05) is 4.90 Å². The minimum atomic E-state index is -0.305. The highest BCUT2D eigenvalue weighted by Gasteiger charge is 2.24. The molecule has 1 aliphatic heterocycles. The van der Waals surface area contributed by atoms with E-state index in [9.17, 15) is 9.18 Å². The third-order valence-electron chi connectivity index (χ3n) is 3.18. The monoisotopic (exact) mass is 283 g/mol. The van der Waals surface area contributed by atoms with E-state index >= 15 is 0 Å². The molecule has 0 N–H and O–H groups in total. The van der Waals surface area contributed by atoms with Gasteiger partial charge in [-0.05, 0) is 31.0 Å². The zero-order chi connectivity index (χ0) is 12.7. The first-order valence-electron chi connectivity index (χ1n) is 5.83. The molecule has 0 radical (unpaired) electrons. The van der Waals surface area contributed by atoms with Crippen molar-refractivity contribution in [2.45, 2.75) is 12.8 Å². The van der Waals surface area contributed by atoms with Gasteiger partial charge in [0.25, 0.3) is 5.91 Å². The van der Waals surface area contributed by atoms with E-state index in [1.165, 1.54) is 23.5 Å². The number of likely N-dealkylation sites (tertiary alicyclic amines) is 1. The van der Waals surface area contributed by atoms with Gasteiger partial charge in [0.15, 0.2) is 0 Å². The second kappa shape index (κ2) is 4.52. The Bertz CT molecular complexity index is 619. The first-order chi connectivity index (χ1) is 8.66. The molecule has 0 saturated carbocycles. The van der Waals surface area contributed by atoms with Crippen LogP contribution in [0.25, 0.3) is 10.1 Å². The molecule has 0 bridgehead atoms. The molecule has 5 heteroatoms. The molecule has 1 saturated heterocycles. The van der Waals surface area contributed by atoms with Crippen LogP contribution in [0.5, 0.6) is 0 Å². The van der Waals surface area contributed by atoms with Crippen LogP contribution in [0.15, 0.2) is 18.2 Å². The average molecular weight is 284 g/mol. The topological polar surface area (TPSA) is 20.3 Å². The summed E-state index contributed by atoms with van der Waals surface area (Å²) in [4.78, 5) is 14.6. The molecule has 1 amide bonds. The summed E-state index contributed by atoms with van der Waals surface area (Å²) in [7, 11) is 0. The van der Waals surface area contributed by atoms with E-state index in [0.29, 0.717) is 9.90 Å². The summed E-state index contributed by atoms with van der Waals surface area (Å²) < 4.78 is 13.9. The van der Waals surface area contributed by atoms with Gasteiger partial charge in [-0.3, -0.25) is 4.79 Å². The van der Waals surface area contributed by atoms with Crippen LogP contribution >= 0.6 is 22.9 Å². The van der Waals surface area contributed by atoms with Gasteiger partial charge >= 0.3 is 0 Å². The highest BCUT2D eigenvalue weighted by atomic mass is 35.5. The number of carbonyl (C=O) groups is 1. The number of carbonyl (C=O) groups excluding carboxylic acids is 1. The summed E-state index contributed by atoms with van der Waals surface area (Å²) in [6, 6.07) is 4.42. The van der Waals surface area contributed by atoms with Gasteiger partial charge in [-0.1, -0.05) is 11.6 Å². The molecule has 2 heterocycles. The smallest absolute Gasteiger partial charge is 0.265 e. The van der Waals surface area contributed by atoms with Crippen LogP contribution in [0, 0.1) is 5.82 Å². The molecule has 1 fully saturated rings. The maximum absolute atomic E-state index is 13.1. The van der Waals surface area contributed by atoms with Crippen molar-refractivity contribution < 1.29 is 9.18 Å². The molecule has 1 aromatic heterocycles. The summed E-state index contributed by atoms with van der Waals surface area (Å²) in [5.74, 6) is -0.334. The van der Waals surface area contributed by atoms with Gasteiger partial charge < -0.3 is 4.90 Å². The molecule has 2 nitrogen and oxygen atoms in total.